The number of nitrogens with zero attached hydrogens (tertiary/aromatic N) is 5. The van der Waals surface area contributed by atoms with E-state index in [1.54, 1.807) is 7.11 Å². The summed E-state index contributed by atoms with van der Waals surface area (Å²) in [6.45, 7) is 6.55. The van der Waals surface area contributed by atoms with Gasteiger partial charge in [0.25, 0.3) is 0 Å². The molecule has 0 saturated carbocycles. The number of hydrogen-bond donors (Lipinski definition) is 0. The first-order valence-corrected chi connectivity index (χ1v) is 10.4. The summed E-state index contributed by atoms with van der Waals surface area (Å²) in [4.78, 5) is 4.77. The Morgan fingerprint density at radius 3 is 2.57 bits per heavy atom. The minimum atomic E-state index is 0.213. The minimum Gasteiger partial charge on any atom is -0.497 e. The molecule has 0 spiro atoms. The molecule has 1 aromatic carbocycles. The fraction of sp³-hybridized carbons (Fsp3) is 0.600. The van der Waals surface area contributed by atoms with Crippen LogP contribution in [0.25, 0.3) is 11.4 Å². The van der Waals surface area contributed by atoms with Gasteiger partial charge >= 0.3 is 0 Å². The van der Waals surface area contributed by atoms with Crippen LogP contribution in [-0.4, -0.2) is 77.2 Å². The second-order valence-electron chi connectivity index (χ2n) is 7.64. The molecule has 28 heavy (non-hydrogen) atoms. The van der Waals surface area contributed by atoms with Crippen LogP contribution in [0, 0.1) is 4.77 Å². The molecule has 152 valence electrons. The van der Waals surface area contributed by atoms with Crippen LogP contribution in [0.5, 0.6) is 5.75 Å². The molecule has 0 amide bonds. The Morgan fingerprint density at radius 2 is 1.93 bits per heavy atom. The molecule has 2 aliphatic rings. The van der Waals surface area contributed by atoms with Gasteiger partial charge in [0.1, 0.15) is 5.75 Å². The standard InChI is InChI=1S/C20H29N5O2S/c1-22-9-11-23(12-10-22)15-25-20(28)24(14-18-4-3-13-27-18)19(21-25)16-5-7-17(26-2)8-6-16/h5-8,18H,3-4,9-15H2,1-2H3. The van der Waals surface area contributed by atoms with Gasteiger partial charge in [0.2, 0.25) is 0 Å². The third kappa shape index (κ3) is 4.30. The Kier molecular flexibility index (Phi) is 6.10. The molecule has 4 rings (SSSR count). The highest BCUT2D eigenvalue weighted by Crippen LogP contribution is 2.24. The van der Waals surface area contributed by atoms with E-state index in [1.807, 2.05) is 28.9 Å². The zero-order valence-electron chi connectivity index (χ0n) is 16.7. The lowest BCUT2D eigenvalue weighted by Crippen LogP contribution is -2.45. The molecule has 1 atom stereocenters. The topological polar surface area (TPSA) is 47.7 Å². The average molecular weight is 404 g/mol. The summed E-state index contributed by atoms with van der Waals surface area (Å²) in [5, 5.41) is 4.91. The number of hydrogen-bond acceptors (Lipinski definition) is 6. The second kappa shape index (κ2) is 8.73. The van der Waals surface area contributed by atoms with Crippen molar-refractivity contribution in [2.45, 2.75) is 32.2 Å². The Hall–Kier alpha value is -1.74. The predicted molar refractivity (Wildman–Crippen MR) is 111 cm³/mol. The molecule has 8 heteroatoms. The maximum absolute atomic E-state index is 5.87. The quantitative estimate of drug-likeness (QED) is 0.691. The number of benzene rings is 1. The van der Waals surface area contributed by atoms with Gasteiger partial charge in [0.05, 0.1) is 26.4 Å². The van der Waals surface area contributed by atoms with E-state index in [-0.39, 0.29) is 6.10 Å². The smallest absolute Gasteiger partial charge is 0.199 e. The lowest BCUT2D eigenvalue weighted by Gasteiger charge is -2.31. The fourth-order valence-electron chi connectivity index (χ4n) is 3.82. The Labute approximate surface area is 171 Å². The van der Waals surface area contributed by atoms with Crippen molar-refractivity contribution in [1.82, 2.24) is 24.1 Å². The Morgan fingerprint density at radius 1 is 1.18 bits per heavy atom. The van der Waals surface area contributed by atoms with Gasteiger partial charge in [-0.25, -0.2) is 4.68 Å². The van der Waals surface area contributed by atoms with Crippen LogP contribution in [0.15, 0.2) is 24.3 Å². The van der Waals surface area contributed by atoms with Crippen molar-refractivity contribution in [3.63, 3.8) is 0 Å². The number of methoxy groups -OCH3 is 1. The van der Waals surface area contributed by atoms with Crippen molar-refractivity contribution in [3.05, 3.63) is 29.0 Å². The summed E-state index contributed by atoms with van der Waals surface area (Å²) >= 11 is 5.83. The Balaban J connectivity index is 1.63. The molecule has 2 saturated heterocycles. The number of rotatable bonds is 6. The summed E-state index contributed by atoms with van der Waals surface area (Å²) < 4.78 is 16.0. The van der Waals surface area contributed by atoms with Gasteiger partial charge in [-0.15, -0.1) is 0 Å². The maximum atomic E-state index is 5.87. The third-order valence-corrected chi connectivity index (χ3v) is 6.04. The monoisotopic (exact) mass is 403 g/mol. The summed E-state index contributed by atoms with van der Waals surface area (Å²) in [5.41, 5.74) is 1.04. The van der Waals surface area contributed by atoms with Gasteiger partial charge < -0.3 is 14.4 Å². The summed E-state index contributed by atoms with van der Waals surface area (Å²) in [6, 6.07) is 8.02. The number of likely N-dealkylation sites (N-methyl/N-ethyl adjacent to an activating group) is 1. The maximum Gasteiger partial charge on any atom is 0.199 e. The predicted octanol–water partition coefficient (Wildman–Crippen LogP) is 2.47. The average Bonchev–Trinajstić information content (AvgIpc) is 3.34. The summed E-state index contributed by atoms with van der Waals surface area (Å²) in [7, 11) is 3.85. The molecule has 2 fully saturated rings. The first-order chi connectivity index (χ1) is 13.6. The van der Waals surface area contributed by atoms with E-state index >= 15 is 0 Å². The van der Waals surface area contributed by atoms with Gasteiger partial charge in [-0.2, -0.15) is 5.10 Å². The van der Waals surface area contributed by atoms with Crippen LogP contribution >= 0.6 is 12.2 Å². The van der Waals surface area contributed by atoms with Gasteiger partial charge in [-0.05, 0) is 56.4 Å². The van der Waals surface area contributed by atoms with Crippen LogP contribution in [0.4, 0.5) is 0 Å². The zero-order valence-corrected chi connectivity index (χ0v) is 17.5. The van der Waals surface area contributed by atoms with E-state index in [0.29, 0.717) is 0 Å². The number of piperazine rings is 1. The zero-order chi connectivity index (χ0) is 19.5. The summed E-state index contributed by atoms with van der Waals surface area (Å²) in [5.74, 6) is 1.74. The molecule has 3 heterocycles. The van der Waals surface area contributed by atoms with E-state index in [9.17, 15) is 0 Å². The first-order valence-electron chi connectivity index (χ1n) is 9.98. The fourth-order valence-corrected chi connectivity index (χ4v) is 4.08. The molecule has 1 aromatic heterocycles. The molecule has 1 unspecified atom stereocenters. The van der Waals surface area contributed by atoms with E-state index in [0.717, 1.165) is 80.7 Å². The molecular weight excluding hydrogens is 374 g/mol. The molecule has 0 radical (unpaired) electrons. The molecular formula is C20H29N5O2S. The van der Waals surface area contributed by atoms with Crippen molar-refractivity contribution in [1.29, 1.82) is 0 Å². The highest BCUT2D eigenvalue weighted by molar-refractivity contribution is 7.71. The number of ether oxygens (including phenoxy) is 2. The lowest BCUT2D eigenvalue weighted by molar-refractivity contribution is 0.0961. The van der Waals surface area contributed by atoms with Crippen molar-refractivity contribution in [2.24, 2.45) is 0 Å². The van der Waals surface area contributed by atoms with Crippen LogP contribution in [0.2, 0.25) is 0 Å². The molecule has 0 bridgehead atoms. The van der Waals surface area contributed by atoms with E-state index in [1.165, 1.54) is 0 Å². The molecule has 2 aromatic rings. The third-order valence-electron chi connectivity index (χ3n) is 5.61. The highest BCUT2D eigenvalue weighted by Gasteiger charge is 2.22. The van der Waals surface area contributed by atoms with Gasteiger partial charge in [0, 0.05) is 38.3 Å². The van der Waals surface area contributed by atoms with Crippen LogP contribution in [0.3, 0.4) is 0 Å². The van der Waals surface area contributed by atoms with E-state index in [4.69, 9.17) is 26.8 Å². The molecule has 0 aliphatic carbocycles. The summed E-state index contributed by atoms with van der Waals surface area (Å²) in [6.07, 6.45) is 2.41. The van der Waals surface area contributed by atoms with Gasteiger partial charge in [-0.3, -0.25) is 9.47 Å². The van der Waals surface area contributed by atoms with Crippen LogP contribution in [-0.2, 0) is 18.0 Å². The van der Waals surface area contributed by atoms with Crippen molar-refractivity contribution < 1.29 is 9.47 Å². The van der Waals surface area contributed by atoms with Gasteiger partial charge in [-0.1, -0.05) is 0 Å². The Bertz CT molecular complexity index is 833. The van der Waals surface area contributed by atoms with Crippen LogP contribution in [0.1, 0.15) is 12.8 Å². The number of aromatic nitrogens is 3. The highest BCUT2D eigenvalue weighted by atomic mass is 32.1. The van der Waals surface area contributed by atoms with Gasteiger partial charge in [0.15, 0.2) is 10.6 Å². The second-order valence-corrected chi connectivity index (χ2v) is 8.01. The molecule has 0 N–H and O–H groups in total. The van der Waals surface area contributed by atoms with Crippen LogP contribution < -0.4 is 4.74 Å². The minimum absolute atomic E-state index is 0.213. The molecule has 7 nitrogen and oxygen atoms in total. The SMILES string of the molecule is COc1ccc(-c2nn(CN3CCN(C)CC3)c(=S)n2CC2CCCO2)cc1. The largest absolute Gasteiger partial charge is 0.497 e. The van der Waals surface area contributed by atoms with Crippen molar-refractivity contribution >= 4 is 12.2 Å². The van der Waals surface area contributed by atoms with E-state index in [2.05, 4.69) is 21.4 Å². The first kappa shape index (κ1) is 19.6. The molecule has 2 aliphatic heterocycles. The normalized spacial score (nSPS) is 21.3. The van der Waals surface area contributed by atoms with Crippen molar-refractivity contribution in [3.8, 4) is 17.1 Å². The van der Waals surface area contributed by atoms with Crippen molar-refractivity contribution in [2.75, 3.05) is 46.9 Å². The lowest BCUT2D eigenvalue weighted by atomic mass is 10.2. The van der Waals surface area contributed by atoms with E-state index < -0.39 is 0 Å².